The summed E-state index contributed by atoms with van der Waals surface area (Å²) in [6.45, 7) is 3.68. The Morgan fingerprint density at radius 3 is 2.42 bits per heavy atom. The molecule has 7 heteroatoms. The Kier molecular flexibility index (Phi) is 3.32. The van der Waals surface area contributed by atoms with Gasteiger partial charge in [0.1, 0.15) is 5.82 Å². The predicted octanol–water partition coefficient (Wildman–Crippen LogP) is 0.799. The molecule has 1 heterocycles. The minimum absolute atomic E-state index is 0.0173. The van der Waals surface area contributed by atoms with Crippen LogP contribution in [0.1, 0.15) is 13.8 Å². The molecule has 19 heavy (non-hydrogen) atoms. The lowest BCUT2D eigenvalue weighted by molar-refractivity contribution is -0.0932. The van der Waals surface area contributed by atoms with Crippen molar-refractivity contribution in [3.05, 3.63) is 24.0 Å². The summed E-state index contributed by atoms with van der Waals surface area (Å²) >= 11 is 0. The van der Waals surface area contributed by atoms with Crippen molar-refractivity contribution in [1.82, 2.24) is 4.31 Å². The quantitative estimate of drug-likeness (QED) is 0.806. The van der Waals surface area contributed by atoms with Crippen LogP contribution in [0, 0.1) is 11.7 Å². The maximum absolute atomic E-state index is 13.2. The van der Waals surface area contributed by atoms with Crippen LogP contribution in [0.2, 0.25) is 0 Å². The molecule has 0 aliphatic carbocycles. The minimum Gasteiger partial charge on any atom is -0.399 e. The van der Waals surface area contributed by atoms with Gasteiger partial charge in [-0.05, 0) is 24.1 Å². The van der Waals surface area contributed by atoms with Crippen LogP contribution < -0.4 is 5.73 Å². The zero-order chi connectivity index (χ0) is 14.4. The van der Waals surface area contributed by atoms with Gasteiger partial charge in [0.2, 0.25) is 10.0 Å². The van der Waals surface area contributed by atoms with Crippen LogP contribution >= 0.6 is 0 Å². The number of halogens is 1. The van der Waals surface area contributed by atoms with E-state index in [1.54, 1.807) is 0 Å². The van der Waals surface area contributed by atoms with Gasteiger partial charge < -0.3 is 10.8 Å². The van der Waals surface area contributed by atoms with Crippen LogP contribution in [0.3, 0.4) is 0 Å². The van der Waals surface area contributed by atoms with E-state index in [4.69, 9.17) is 5.73 Å². The van der Waals surface area contributed by atoms with Crippen molar-refractivity contribution in [2.45, 2.75) is 24.3 Å². The molecule has 0 atom stereocenters. The second kappa shape index (κ2) is 4.43. The van der Waals surface area contributed by atoms with Crippen molar-refractivity contribution in [2.24, 2.45) is 5.92 Å². The van der Waals surface area contributed by atoms with Crippen LogP contribution in [0.15, 0.2) is 23.1 Å². The van der Waals surface area contributed by atoms with E-state index >= 15 is 0 Å². The van der Waals surface area contributed by atoms with Gasteiger partial charge in [-0.25, -0.2) is 12.8 Å². The number of nitrogens with two attached hydrogens (primary N) is 1. The first-order valence-corrected chi connectivity index (χ1v) is 7.38. The van der Waals surface area contributed by atoms with E-state index in [0.29, 0.717) is 0 Å². The van der Waals surface area contributed by atoms with Gasteiger partial charge in [-0.1, -0.05) is 13.8 Å². The van der Waals surface area contributed by atoms with Gasteiger partial charge in [0.15, 0.2) is 0 Å². The second-order valence-corrected chi connectivity index (χ2v) is 7.19. The summed E-state index contributed by atoms with van der Waals surface area (Å²) in [5.74, 6) is -0.741. The van der Waals surface area contributed by atoms with Crippen LogP contribution in [0.4, 0.5) is 10.1 Å². The third-order valence-electron chi connectivity index (χ3n) is 3.51. The maximum atomic E-state index is 13.2. The van der Waals surface area contributed by atoms with E-state index in [1.807, 2.05) is 13.8 Å². The van der Waals surface area contributed by atoms with Crippen LogP contribution in [-0.2, 0) is 10.0 Å². The average molecular weight is 288 g/mol. The molecule has 3 N–H and O–H groups in total. The van der Waals surface area contributed by atoms with Gasteiger partial charge >= 0.3 is 0 Å². The number of nitrogens with zero attached hydrogens (tertiary/aromatic N) is 1. The molecule has 1 aromatic rings. The highest BCUT2D eigenvalue weighted by Gasteiger charge is 2.49. The summed E-state index contributed by atoms with van der Waals surface area (Å²) in [5.41, 5.74) is 4.49. The Morgan fingerprint density at radius 1 is 1.37 bits per heavy atom. The fourth-order valence-corrected chi connectivity index (χ4v) is 3.61. The molecule has 0 unspecified atom stereocenters. The zero-order valence-corrected chi connectivity index (χ0v) is 11.6. The molecule has 0 bridgehead atoms. The molecule has 0 amide bonds. The van der Waals surface area contributed by atoms with Crippen molar-refractivity contribution < 1.29 is 17.9 Å². The smallest absolute Gasteiger partial charge is 0.243 e. The molecule has 1 aliphatic heterocycles. The van der Waals surface area contributed by atoms with E-state index in [0.717, 1.165) is 16.4 Å². The summed E-state index contributed by atoms with van der Waals surface area (Å²) in [6.07, 6.45) is 0. The average Bonchev–Trinajstić information content (AvgIpc) is 2.22. The Bertz CT molecular complexity index is 575. The lowest BCUT2D eigenvalue weighted by Crippen LogP contribution is -2.65. The SMILES string of the molecule is CC(C)C1(O)CN(S(=O)(=O)c2cc(N)cc(F)c2)C1. The first-order valence-electron chi connectivity index (χ1n) is 5.94. The molecule has 0 radical (unpaired) electrons. The number of benzene rings is 1. The predicted molar refractivity (Wildman–Crippen MR) is 69.4 cm³/mol. The molecule has 1 fully saturated rings. The van der Waals surface area contributed by atoms with E-state index in [1.165, 1.54) is 6.07 Å². The molecule has 0 saturated carbocycles. The van der Waals surface area contributed by atoms with Crippen molar-refractivity contribution in [2.75, 3.05) is 18.8 Å². The molecule has 5 nitrogen and oxygen atoms in total. The van der Waals surface area contributed by atoms with E-state index in [2.05, 4.69) is 0 Å². The highest BCUT2D eigenvalue weighted by molar-refractivity contribution is 7.89. The summed E-state index contributed by atoms with van der Waals surface area (Å²) in [6, 6.07) is 3.20. The normalized spacial score (nSPS) is 19.4. The Balaban J connectivity index is 2.26. The Hall–Kier alpha value is -1.18. The number of rotatable bonds is 3. The number of hydrogen-bond acceptors (Lipinski definition) is 4. The zero-order valence-electron chi connectivity index (χ0n) is 10.8. The monoisotopic (exact) mass is 288 g/mol. The topological polar surface area (TPSA) is 83.6 Å². The van der Waals surface area contributed by atoms with Crippen LogP contribution in [-0.4, -0.2) is 36.5 Å². The molecular formula is C12H17FN2O3S. The molecular weight excluding hydrogens is 271 g/mol. The van der Waals surface area contributed by atoms with Crippen molar-refractivity contribution in [1.29, 1.82) is 0 Å². The van der Waals surface area contributed by atoms with Gasteiger partial charge in [-0.3, -0.25) is 0 Å². The number of hydrogen-bond donors (Lipinski definition) is 2. The summed E-state index contributed by atoms with van der Waals surface area (Å²) in [4.78, 5) is -0.184. The van der Waals surface area contributed by atoms with Gasteiger partial charge in [0.25, 0.3) is 0 Å². The molecule has 1 aliphatic rings. The van der Waals surface area contributed by atoms with Gasteiger partial charge in [0, 0.05) is 18.8 Å². The number of aliphatic hydroxyl groups is 1. The number of anilines is 1. The first kappa shape index (κ1) is 14.2. The van der Waals surface area contributed by atoms with Crippen molar-refractivity contribution in [3.63, 3.8) is 0 Å². The standard InChI is InChI=1S/C12H17FN2O3S/c1-8(2)12(16)6-15(7-12)19(17,18)11-4-9(13)3-10(14)5-11/h3-5,8,16H,6-7,14H2,1-2H3. The second-order valence-electron chi connectivity index (χ2n) is 5.25. The third kappa shape index (κ3) is 2.45. The Labute approximate surface area is 111 Å². The van der Waals surface area contributed by atoms with Gasteiger partial charge in [0.05, 0.1) is 10.5 Å². The highest BCUT2D eigenvalue weighted by Crippen LogP contribution is 2.33. The van der Waals surface area contributed by atoms with Gasteiger partial charge in [-0.15, -0.1) is 0 Å². The summed E-state index contributed by atoms with van der Waals surface area (Å²) in [7, 11) is -3.80. The van der Waals surface area contributed by atoms with E-state index < -0.39 is 21.4 Å². The first-order chi connectivity index (χ1) is 8.65. The highest BCUT2D eigenvalue weighted by atomic mass is 32.2. The van der Waals surface area contributed by atoms with Crippen molar-refractivity contribution >= 4 is 15.7 Å². The molecule has 106 valence electrons. The van der Waals surface area contributed by atoms with Gasteiger partial charge in [-0.2, -0.15) is 4.31 Å². The third-order valence-corrected chi connectivity index (χ3v) is 5.28. The molecule has 0 spiro atoms. The molecule has 1 aromatic carbocycles. The molecule has 2 rings (SSSR count). The fraction of sp³-hybridized carbons (Fsp3) is 0.500. The van der Waals surface area contributed by atoms with Crippen molar-refractivity contribution in [3.8, 4) is 0 Å². The number of sulfonamides is 1. The van der Waals surface area contributed by atoms with Crippen LogP contribution in [0.5, 0.6) is 0 Å². The summed E-state index contributed by atoms with van der Waals surface area (Å²) in [5, 5.41) is 10.1. The van der Waals surface area contributed by atoms with Crippen LogP contribution in [0.25, 0.3) is 0 Å². The number of β-amino-alcohol motifs (C(OH)–C–C–N with tert-alkyl or cyclic N) is 1. The van der Waals surface area contributed by atoms with E-state index in [9.17, 15) is 17.9 Å². The fourth-order valence-electron chi connectivity index (χ4n) is 1.98. The lowest BCUT2D eigenvalue weighted by atomic mass is 9.85. The number of nitrogen functional groups attached to an aromatic ring is 1. The summed E-state index contributed by atoms with van der Waals surface area (Å²) < 4.78 is 38.8. The minimum atomic E-state index is -3.80. The molecule has 1 saturated heterocycles. The Morgan fingerprint density at radius 2 is 1.95 bits per heavy atom. The lowest BCUT2D eigenvalue weighted by Gasteiger charge is -2.47. The maximum Gasteiger partial charge on any atom is 0.243 e. The largest absolute Gasteiger partial charge is 0.399 e. The molecule has 0 aromatic heterocycles. The van der Waals surface area contributed by atoms with E-state index in [-0.39, 0.29) is 29.6 Å².